The minimum atomic E-state index is -0.572. The van der Waals surface area contributed by atoms with Gasteiger partial charge >= 0.3 is 5.97 Å². The van der Waals surface area contributed by atoms with E-state index in [1.54, 1.807) is 12.1 Å². The zero-order chi connectivity index (χ0) is 21.1. The van der Waals surface area contributed by atoms with Gasteiger partial charge in [0.05, 0.1) is 16.7 Å². The van der Waals surface area contributed by atoms with Crippen molar-refractivity contribution in [1.29, 1.82) is 0 Å². The first-order valence-corrected chi connectivity index (χ1v) is 9.96. The Morgan fingerprint density at radius 1 is 0.833 bits per heavy atom. The third-order valence-electron chi connectivity index (χ3n) is 5.11. The van der Waals surface area contributed by atoms with E-state index in [-0.39, 0.29) is 22.9 Å². The molecule has 1 aliphatic heterocycles. The predicted octanol–water partition coefficient (Wildman–Crippen LogP) is 4.97. The number of rotatable bonds is 6. The third kappa shape index (κ3) is 3.74. The molecule has 30 heavy (non-hydrogen) atoms. The van der Waals surface area contributed by atoms with Gasteiger partial charge in [0.2, 0.25) is 0 Å². The molecule has 5 heteroatoms. The summed E-state index contributed by atoms with van der Waals surface area (Å²) in [6, 6.07) is 21.6. The zero-order valence-electron chi connectivity index (χ0n) is 16.6. The Kier molecular flexibility index (Phi) is 5.44. The molecule has 0 fully saturated rings. The fourth-order valence-corrected chi connectivity index (χ4v) is 3.45. The second kappa shape index (κ2) is 8.33. The van der Waals surface area contributed by atoms with Gasteiger partial charge in [-0.05, 0) is 47.9 Å². The predicted molar refractivity (Wildman–Crippen MR) is 114 cm³/mol. The highest BCUT2D eigenvalue weighted by Gasteiger charge is 2.35. The third-order valence-corrected chi connectivity index (χ3v) is 5.11. The first-order valence-electron chi connectivity index (χ1n) is 9.96. The van der Waals surface area contributed by atoms with Crippen molar-refractivity contribution in [2.24, 2.45) is 0 Å². The van der Waals surface area contributed by atoms with E-state index < -0.39 is 5.97 Å². The van der Waals surface area contributed by atoms with Crippen LogP contribution in [0, 0.1) is 0 Å². The Morgan fingerprint density at radius 2 is 1.50 bits per heavy atom. The van der Waals surface area contributed by atoms with Gasteiger partial charge in [-0.2, -0.15) is 0 Å². The number of fused-ring (bicyclic) bond motifs is 1. The van der Waals surface area contributed by atoms with Crippen LogP contribution >= 0.6 is 0 Å². The second-order valence-electron chi connectivity index (χ2n) is 7.16. The van der Waals surface area contributed by atoms with Crippen molar-refractivity contribution >= 4 is 17.8 Å². The van der Waals surface area contributed by atoms with Gasteiger partial charge in [-0.1, -0.05) is 55.8 Å². The SMILES string of the molecule is CCCCN1C(=O)c2ccc(C(=O)Oc3ccc(-c4ccccc4)cc3)cc2C1=O. The normalized spacial score (nSPS) is 12.8. The molecule has 0 unspecified atom stereocenters. The summed E-state index contributed by atoms with van der Waals surface area (Å²) in [6.45, 7) is 2.38. The number of hydrogen-bond acceptors (Lipinski definition) is 4. The molecule has 1 aliphatic rings. The van der Waals surface area contributed by atoms with Crippen molar-refractivity contribution in [2.45, 2.75) is 19.8 Å². The number of hydrogen-bond donors (Lipinski definition) is 0. The van der Waals surface area contributed by atoms with Crippen LogP contribution in [0.5, 0.6) is 5.75 Å². The number of nitrogens with zero attached hydrogens (tertiary/aromatic N) is 1. The van der Waals surface area contributed by atoms with Gasteiger partial charge in [-0.15, -0.1) is 0 Å². The lowest BCUT2D eigenvalue weighted by atomic mass is 10.1. The van der Waals surface area contributed by atoms with E-state index in [2.05, 4.69) is 0 Å². The summed E-state index contributed by atoms with van der Waals surface area (Å²) in [6.07, 6.45) is 1.63. The number of esters is 1. The highest BCUT2D eigenvalue weighted by Crippen LogP contribution is 2.26. The van der Waals surface area contributed by atoms with Gasteiger partial charge in [0.15, 0.2) is 0 Å². The number of amides is 2. The summed E-state index contributed by atoms with van der Waals surface area (Å²) in [4.78, 5) is 38.8. The van der Waals surface area contributed by atoms with E-state index in [0.29, 0.717) is 17.9 Å². The molecule has 1 heterocycles. The molecule has 0 aliphatic carbocycles. The lowest BCUT2D eigenvalue weighted by Crippen LogP contribution is -2.30. The van der Waals surface area contributed by atoms with Crippen molar-refractivity contribution in [3.05, 3.63) is 89.5 Å². The Hall–Kier alpha value is -3.73. The molecule has 5 nitrogen and oxygen atoms in total. The molecular weight excluding hydrogens is 378 g/mol. The van der Waals surface area contributed by atoms with E-state index >= 15 is 0 Å². The standard InChI is InChI=1S/C25H21NO4/c1-2-3-15-26-23(27)21-14-11-19(16-22(21)24(26)28)25(29)30-20-12-9-18(10-13-20)17-7-5-4-6-8-17/h4-14,16H,2-3,15H2,1H3. The molecule has 0 atom stereocenters. The summed E-state index contributed by atoms with van der Waals surface area (Å²) >= 11 is 0. The summed E-state index contributed by atoms with van der Waals surface area (Å²) < 4.78 is 5.46. The Bertz CT molecular complexity index is 1100. The molecule has 3 aromatic carbocycles. The van der Waals surface area contributed by atoms with Crippen molar-refractivity contribution < 1.29 is 19.1 Å². The lowest BCUT2D eigenvalue weighted by Gasteiger charge is -2.12. The molecule has 0 saturated carbocycles. The van der Waals surface area contributed by atoms with Crippen LogP contribution in [0.2, 0.25) is 0 Å². The fraction of sp³-hybridized carbons (Fsp3) is 0.160. The maximum Gasteiger partial charge on any atom is 0.343 e. The molecule has 0 N–H and O–H groups in total. The Labute approximate surface area is 174 Å². The smallest absolute Gasteiger partial charge is 0.343 e. The van der Waals surface area contributed by atoms with Gasteiger partial charge in [0.1, 0.15) is 5.75 Å². The minimum absolute atomic E-state index is 0.236. The van der Waals surface area contributed by atoms with E-state index in [1.807, 2.05) is 49.4 Å². The van der Waals surface area contributed by atoms with Gasteiger partial charge in [-0.3, -0.25) is 14.5 Å². The average Bonchev–Trinajstić information content (AvgIpc) is 3.02. The van der Waals surface area contributed by atoms with Crippen LogP contribution in [0.4, 0.5) is 0 Å². The molecule has 3 aromatic rings. The maximum atomic E-state index is 12.6. The number of imide groups is 1. The molecule has 0 radical (unpaired) electrons. The molecule has 0 saturated heterocycles. The number of ether oxygens (including phenoxy) is 1. The van der Waals surface area contributed by atoms with Gasteiger partial charge in [0, 0.05) is 6.54 Å². The molecular formula is C25H21NO4. The summed E-state index contributed by atoms with van der Waals surface area (Å²) in [5, 5.41) is 0. The molecule has 2 amide bonds. The van der Waals surface area contributed by atoms with Crippen LogP contribution in [-0.2, 0) is 0 Å². The van der Waals surface area contributed by atoms with Crippen LogP contribution in [-0.4, -0.2) is 29.2 Å². The van der Waals surface area contributed by atoms with Crippen molar-refractivity contribution in [3.8, 4) is 16.9 Å². The topological polar surface area (TPSA) is 63.7 Å². The molecule has 4 rings (SSSR count). The van der Waals surface area contributed by atoms with Crippen LogP contribution in [0.3, 0.4) is 0 Å². The highest BCUT2D eigenvalue weighted by atomic mass is 16.5. The van der Waals surface area contributed by atoms with Crippen molar-refractivity contribution in [1.82, 2.24) is 4.90 Å². The Balaban J connectivity index is 1.50. The van der Waals surface area contributed by atoms with Crippen molar-refractivity contribution in [3.63, 3.8) is 0 Å². The quantitative estimate of drug-likeness (QED) is 0.334. The average molecular weight is 399 g/mol. The van der Waals surface area contributed by atoms with E-state index in [4.69, 9.17) is 4.74 Å². The first-order chi connectivity index (χ1) is 14.6. The fourth-order valence-electron chi connectivity index (χ4n) is 3.45. The molecule has 0 spiro atoms. The van der Waals surface area contributed by atoms with Gasteiger partial charge in [0.25, 0.3) is 11.8 Å². The largest absolute Gasteiger partial charge is 0.423 e. The number of carbonyl (C=O) groups excluding carboxylic acids is 3. The van der Waals surface area contributed by atoms with Gasteiger partial charge in [-0.25, -0.2) is 4.79 Å². The van der Waals surface area contributed by atoms with Crippen LogP contribution in [0.15, 0.2) is 72.8 Å². The minimum Gasteiger partial charge on any atom is -0.423 e. The van der Waals surface area contributed by atoms with Crippen molar-refractivity contribution in [2.75, 3.05) is 6.54 Å². The number of benzene rings is 3. The summed E-state index contributed by atoms with van der Waals surface area (Å²) in [5.74, 6) is -0.824. The van der Waals surface area contributed by atoms with E-state index in [1.165, 1.54) is 23.1 Å². The zero-order valence-corrected chi connectivity index (χ0v) is 16.6. The molecule has 0 bridgehead atoms. The molecule has 0 aromatic heterocycles. The summed E-state index contributed by atoms with van der Waals surface area (Å²) in [5.41, 5.74) is 2.92. The van der Waals surface area contributed by atoms with Crippen LogP contribution in [0.1, 0.15) is 50.8 Å². The van der Waals surface area contributed by atoms with E-state index in [0.717, 1.165) is 24.0 Å². The van der Waals surface area contributed by atoms with Crippen LogP contribution < -0.4 is 4.74 Å². The van der Waals surface area contributed by atoms with Crippen LogP contribution in [0.25, 0.3) is 11.1 Å². The summed E-state index contributed by atoms with van der Waals surface area (Å²) in [7, 11) is 0. The lowest BCUT2D eigenvalue weighted by molar-refractivity contribution is 0.0651. The van der Waals surface area contributed by atoms with E-state index in [9.17, 15) is 14.4 Å². The highest BCUT2D eigenvalue weighted by molar-refractivity contribution is 6.22. The number of unbranched alkanes of at least 4 members (excludes halogenated alkanes) is 1. The Morgan fingerprint density at radius 3 is 2.20 bits per heavy atom. The first kappa shape index (κ1) is 19.6. The monoisotopic (exact) mass is 399 g/mol. The number of carbonyl (C=O) groups is 3. The molecule has 150 valence electrons. The second-order valence-corrected chi connectivity index (χ2v) is 7.16. The van der Waals surface area contributed by atoms with Gasteiger partial charge < -0.3 is 4.74 Å². The maximum absolute atomic E-state index is 12.6.